The summed E-state index contributed by atoms with van der Waals surface area (Å²) in [5.41, 5.74) is 1.41. The summed E-state index contributed by atoms with van der Waals surface area (Å²) < 4.78 is 5.92. The number of hydrogen-bond donors (Lipinski definition) is 1. The van der Waals surface area contributed by atoms with E-state index in [-0.39, 0.29) is 5.78 Å². The molecular formula is C22H23N3O2. The summed E-state index contributed by atoms with van der Waals surface area (Å²) in [4.78, 5) is 15.5. The number of ether oxygens (including phenoxy) is 1. The number of benzene rings is 2. The number of Topliss-reactive ketones (excluding diaryl/α,β-unsaturated/α-hetero) is 1. The number of carbonyl (C=O) groups is 1. The molecule has 0 unspecified atom stereocenters. The average Bonchev–Trinajstić information content (AvgIpc) is 3.13. The Morgan fingerprint density at radius 2 is 1.93 bits per heavy atom. The third-order valence-corrected chi connectivity index (χ3v) is 6.02. The fraction of sp³-hybridized carbons (Fsp3) is 0.364. The van der Waals surface area contributed by atoms with E-state index < -0.39 is 0 Å². The van der Waals surface area contributed by atoms with Gasteiger partial charge in [-0.15, -0.1) is 0 Å². The molecule has 0 spiro atoms. The van der Waals surface area contributed by atoms with Crippen molar-refractivity contribution in [3.63, 3.8) is 0 Å². The summed E-state index contributed by atoms with van der Waals surface area (Å²) in [7, 11) is 0. The Balaban J connectivity index is 1.38. The second-order valence-corrected chi connectivity index (χ2v) is 7.72. The quantitative estimate of drug-likeness (QED) is 0.690. The van der Waals surface area contributed by atoms with Gasteiger partial charge in [0.15, 0.2) is 5.78 Å². The Morgan fingerprint density at radius 3 is 2.67 bits per heavy atom. The zero-order chi connectivity index (χ0) is 18.2. The van der Waals surface area contributed by atoms with Crippen molar-refractivity contribution in [3.05, 3.63) is 54.2 Å². The van der Waals surface area contributed by atoms with Crippen molar-refractivity contribution in [2.24, 2.45) is 11.8 Å². The molecule has 5 heteroatoms. The van der Waals surface area contributed by atoms with Crippen LogP contribution < -0.4 is 4.74 Å². The molecule has 5 nitrogen and oxygen atoms in total. The lowest BCUT2D eigenvalue weighted by atomic mass is 9.76. The molecule has 0 saturated carbocycles. The number of aromatic nitrogens is 2. The van der Waals surface area contributed by atoms with Crippen LogP contribution in [0.3, 0.4) is 0 Å². The number of hydrogen-bond acceptors (Lipinski definition) is 4. The standard InChI is InChI=1S/C22H23N3O2/c26-21(12-16-14-25-10-8-15(16)9-11-25)22-19-13-18(6-7-20(19)23-24-22)27-17-4-2-1-3-5-17/h1-7,13,15-16H,8-12,14H2,(H,23,24)/t16-/m0/s1. The van der Waals surface area contributed by atoms with E-state index in [1.165, 1.54) is 25.9 Å². The molecule has 3 saturated heterocycles. The van der Waals surface area contributed by atoms with Crippen molar-refractivity contribution in [1.29, 1.82) is 0 Å². The summed E-state index contributed by atoms with van der Waals surface area (Å²) in [6.07, 6.45) is 3.05. The topological polar surface area (TPSA) is 58.2 Å². The number of fused-ring (bicyclic) bond motifs is 4. The molecule has 138 valence electrons. The fourth-order valence-electron chi connectivity index (χ4n) is 4.55. The van der Waals surface area contributed by atoms with Gasteiger partial charge in [-0.3, -0.25) is 9.89 Å². The summed E-state index contributed by atoms with van der Waals surface area (Å²) in [5, 5.41) is 8.16. The summed E-state index contributed by atoms with van der Waals surface area (Å²) in [6.45, 7) is 3.45. The van der Waals surface area contributed by atoms with Gasteiger partial charge in [0.05, 0.1) is 5.52 Å². The number of piperidine rings is 3. The number of ketones is 1. The Labute approximate surface area is 158 Å². The maximum absolute atomic E-state index is 13.0. The second kappa shape index (κ2) is 6.82. The van der Waals surface area contributed by atoms with Crippen molar-refractivity contribution in [2.75, 3.05) is 19.6 Å². The molecular weight excluding hydrogens is 338 g/mol. The molecule has 6 rings (SSSR count). The molecule has 27 heavy (non-hydrogen) atoms. The first-order valence-corrected chi connectivity index (χ1v) is 9.73. The lowest BCUT2D eigenvalue weighted by molar-refractivity contribution is 0.0440. The maximum Gasteiger partial charge on any atom is 0.184 e. The Bertz CT molecular complexity index is 958. The summed E-state index contributed by atoms with van der Waals surface area (Å²) in [6, 6.07) is 15.4. The van der Waals surface area contributed by atoms with Crippen molar-refractivity contribution in [1.82, 2.24) is 15.1 Å². The Morgan fingerprint density at radius 1 is 1.11 bits per heavy atom. The number of para-hydroxylation sites is 1. The largest absolute Gasteiger partial charge is 0.457 e. The number of aromatic amines is 1. The van der Waals surface area contributed by atoms with Crippen LogP contribution in [-0.2, 0) is 0 Å². The van der Waals surface area contributed by atoms with E-state index in [1.54, 1.807) is 0 Å². The van der Waals surface area contributed by atoms with E-state index in [0.29, 0.717) is 29.7 Å². The van der Waals surface area contributed by atoms with Crippen LogP contribution in [0.25, 0.3) is 10.9 Å². The van der Waals surface area contributed by atoms with Crippen LogP contribution in [0.15, 0.2) is 48.5 Å². The molecule has 4 heterocycles. The average molecular weight is 361 g/mol. The first-order valence-electron chi connectivity index (χ1n) is 9.73. The van der Waals surface area contributed by atoms with E-state index in [9.17, 15) is 4.79 Å². The molecule has 3 fully saturated rings. The molecule has 1 aromatic heterocycles. The van der Waals surface area contributed by atoms with Crippen LogP contribution in [0.2, 0.25) is 0 Å². The third kappa shape index (κ3) is 3.23. The van der Waals surface area contributed by atoms with Crippen LogP contribution in [0.1, 0.15) is 29.8 Å². The molecule has 2 aromatic carbocycles. The minimum absolute atomic E-state index is 0.136. The number of nitrogens with zero attached hydrogens (tertiary/aromatic N) is 2. The highest BCUT2D eigenvalue weighted by molar-refractivity contribution is 6.06. The highest BCUT2D eigenvalue weighted by atomic mass is 16.5. The van der Waals surface area contributed by atoms with Crippen molar-refractivity contribution in [3.8, 4) is 11.5 Å². The zero-order valence-corrected chi connectivity index (χ0v) is 15.2. The van der Waals surface area contributed by atoms with Gasteiger partial charge >= 0.3 is 0 Å². The first kappa shape index (κ1) is 16.5. The predicted octanol–water partition coefficient (Wildman–Crippen LogP) is 4.27. The normalized spacial score (nSPS) is 24.2. The van der Waals surface area contributed by atoms with E-state index in [0.717, 1.165) is 23.2 Å². The highest BCUT2D eigenvalue weighted by Crippen LogP contribution is 2.35. The van der Waals surface area contributed by atoms with Gasteiger partial charge in [0.2, 0.25) is 0 Å². The van der Waals surface area contributed by atoms with Gasteiger partial charge in [0.1, 0.15) is 17.2 Å². The lowest BCUT2D eigenvalue weighted by Crippen LogP contribution is -2.47. The van der Waals surface area contributed by atoms with E-state index in [1.807, 2.05) is 48.5 Å². The monoisotopic (exact) mass is 361 g/mol. The zero-order valence-electron chi connectivity index (χ0n) is 15.2. The van der Waals surface area contributed by atoms with Crippen molar-refractivity contribution >= 4 is 16.7 Å². The minimum Gasteiger partial charge on any atom is -0.457 e. The second-order valence-electron chi connectivity index (χ2n) is 7.72. The number of nitrogens with one attached hydrogen (secondary N) is 1. The summed E-state index contributed by atoms with van der Waals surface area (Å²) >= 11 is 0. The third-order valence-electron chi connectivity index (χ3n) is 6.02. The highest BCUT2D eigenvalue weighted by Gasteiger charge is 2.35. The molecule has 1 N–H and O–H groups in total. The fourth-order valence-corrected chi connectivity index (χ4v) is 4.55. The van der Waals surface area contributed by atoms with Gasteiger partial charge in [-0.25, -0.2) is 0 Å². The van der Waals surface area contributed by atoms with Gasteiger partial charge in [0.25, 0.3) is 0 Å². The first-order chi connectivity index (χ1) is 13.3. The molecule has 0 amide bonds. The van der Waals surface area contributed by atoms with Crippen LogP contribution in [-0.4, -0.2) is 40.5 Å². The molecule has 3 aliphatic heterocycles. The van der Waals surface area contributed by atoms with E-state index in [4.69, 9.17) is 4.74 Å². The van der Waals surface area contributed by atoms with Gasteiger partial charge in [-0.05, 0) is 68.1 Å². The predicted molar refractivity (Wildman–Crippen MR) is 104 cm³/mol. The minimum atomic E-state index is 0.136. The molecule has 3 aromatic rings. The van der Waals surface area contributed by atoms with Crippen LogP contribution in [0.5, 0.6) is 11.5 Å². The van der Waals surface area contributed by atoms with Crippen LogP contribution in [0.4, 0.5) is 0 Å². The lowest BCUT2D eigenvalue weighted by Gasteiger charge is -2.44. The van der Waals surface area contributed by atoms with Gasteiger partial charge in [-0.2, -0.15) is 5.10 Å². The van der Waals surface area contributed by atoms with E-state index >= 15 is 0 Å². The Hall–Kier alpha value is -2.66. The van der Waals surface area contributed by atoms with Crippen LogP contribution in [0, 0.1) is 11.8 Å². The van der Waals surface area contributed by atoms with Crippen molar-refractivity contribution < 1.29 is 9.53 Å². The molecule has 0 radical (unpaired) electrons. The molecule has 3 aliphatic rings. The van der Waals surface area contributed by atoms with Crippen LogP contribution >= 0.6 is 0 Å². The summed E-state index contributed by atoms with van der Waals surface area (Å²) in [5.74, 6) is 2.79. The van der Waals surface area contributed by atoms with Crippen molar-refractivity contribution in [2.45, 2.75) is 19.3 Å². The van der Waals surface area contributed by atoms with Gasteiger partial charge in [0, 0.05) is 18.4 Å². The molecule has 1 atom stereocenters. The molecule has 0 aliphatic carbocycles. The van der Waals surface area contributed by atoms with Gasteiger partial charge < -0.3 is 9.64 Å². The van der Waals surface area contributed by atoms with E-state index in [2.05, 4.69) is 15.1 Å². The molecule has 2 bridgehead atoms. The number of H-pyrrole nitrogens is 1. The maximum atomic E-state index is 13.0. The number of carbonyl (C=O) groups excluding carboxylic acids is 1. The Kier molecular flexibility index (Phi) is 4.17. The number of rotatable bonds is 5. The smallest absolute Gasteiger partial charge is 0.184 e. The van der Waals surface area contributed by atoms with Gasteiger partial charge in [-0.1, -0.05) is 18.2 Å². The SMILES string of the molecule is O=C(C[C@H]1CN2CCC1CC2)c1n[nH]c2ccc(Oc3ccccc3)cc12.